The monoisotopic (exact) mass is 329 g/mol. The molecule has 0 radical (unpaired) electrons. The maximum Gasteiger partial charge on any atom is 0.256 e. The summed E-state index contributed by atoms with van der Waals surface area (Å²) >= 11 is 3.30. The van der Waals surface area contributed by atoms with Crippen molar-refractivity contribution in [3.63, 3.8) is 0 Å². The Bertz CT molecular complexity index is 720. The van der Waals surface area contributed by atoms with Crippen LogP contribution in [0.4, 0.5) is 11.4 Å². The standard InChI is InChI=1S/C15H12BrN3O/c1-9-5-6-10(8-17)7-13(9)19-15(20)11-3-2-4-12(18)14(11)16/h2-7H,18H2,1H3,(H,19,20). The average molecular weight is 330 g/mol. The van der Waals surface area contributed by atoms with Gasteiger partial charge in [0, 0.05) is 11.4 Å². The molecule has 0 bridgehead atoms. The molecule has 0 aliphatic heterocycles. The topological polar surface area (TPSA) is 78.9 Å². The van der Waals surface area contributed by atoms with E-state index in [2.05, 4.69) is 21.2 Å². The van der Waals surface area contributed by atoms with E-state index in [1.807, 2.05) is 13.0 Å². The van der Waals surface area contributed by atoms with E-state index in [4.69, 9.17) is 11.0 Å². The molecule has 5 heteroatoms. The number of amides is 1. The molecule has 0 saturated heterocycles. The van der Waals surface area contributed by atoms with Crippen molar-refractivity contribution in [3.8, 4) is 6.07 Å². The molecule has 0 spiro atoms. The highest BCUT2D eigenvalue weighted by molar-refractivity contribution is 9.10. The second-order valence-corrected chi connectivity index (χ2v) is 5.10. The second-order valence-electron chi connectivity index (χ2n) is 4.30. The third-order valence-electron chi connectivity index (χ3n) is 2.89. The van der Waals surface area contributed by atoms with Gasteiger partial charge in [0.1, 0.15) is 0 Å². The molecular formula is C15H12BrN3O. The summed E-state index contributed by atoms with van der Waals surface area (Å²) in [6.45, 7) is 1.87. The van der Waals surface area contributed by atoms with Crippen molar-refractivity contribution in [2.75, 3.05) is 11.1 Å². The summed E-state index contributed by atoms with van der Waals surface area (Å²) in [6, 6.07) is 12.3. The Kier molecular flexibility index (Phi) is 4.06. The molecule has 0 heterocycles. The largest absolute Gasteiger partial charge is 0.398 e. The van der Waals surface area contributed by atoms with Crippen LogP contribution in [0.3, 0.4) is 0 Å². The van der Waals surface area contributed by atoms with Gasteiger partial charge >= 0.3 is 0 Å². The zero-order valence-corrected chi connectivity index (χ0v) is 12.4. The van der Waals surface area contributed by atoms with Crippen LogP contribution in [0.15, 0.2) is 40.9 Å². The van der Waals surface area contributed by atoms with Crippen molar-refractivity contribution in [1.82, 2.24) is 0 Å². The normalized spacial score (nSPS) is 9.85. The molecule has 0 atom stereocenters. The molecule has 2 aromatic rings. The van der Waals surface area contributed by atoms with Gasteiger partial charge in [-0.1, -0.05) is 12.1 Å². The average Bonchev–Trinajstić information content (AvgIpc) is 2.44. The summed E-state index contributed by atoms with van der Waals surface area (Å²) in [5, 5.41) is 11.7. The van der Waals surface area contributed by atoms with Gasteiger partial charge < -0.3 is 11.1 Å². The van der Waals surface area contributed by atoms with E-state index >= 15 is 0 Å². The van der Waals surface area contributed by atoms with Gasteiger partial charge in [-0.25, -0.2) is 0 Å². The number of rotatable bonds is 2. The number of hydrogen-bond acceptors (Lipinski definition) is 3. The first kappa shape index (κ1) is 14.1. The number of nitrogens with one attached hydrogen (secondary N) is 1. The number of aryl methyl sites for hydroxylation is 1. The number of nitriles is 1. The highest BCUT2D eigenvalue weighted by atomic mass is 79.9. The van der Waals surface area contributed by atoms with E-state index in [-0.39, 0.29) is 5.91 Å². The lowest BCUT2D eigenvalue weighted by molar-refractivity contribution is 0.102. The number of benzene rings is 2. The first-order valence-corrected chi connectivity index (χ1v) is 6.68. The summed E-state index contributed by atoms with van der Waals surface area (Å²) in [5.74, 6) is -0.276. The molecule has 2 aromatic carbocycles. The molecule has 4 nitrogen and oxygen atoms in total. The molecule has 0 aromatic heterocycles. The third kappa shape index (κ3) is 2.81. The molecular weight excluding hydrogens is 318 g/mol. The number of halogens is 1. The van der Waals surface area contributed by atoms with Gasteiger partial charge in [0.2, 0.25) is 0 Å². The van der Waals surface area contributed by atoms with Crippen LogP contribution < -0.4 is 11.1 Å². The van der Waals surface area contributed by atoms with Crippen LogP contribution in [-0.2, 0) is 0 Å². The lowest BCUT2D eigenvalue weighted by Gasteiger charge is -2.10. The van der Waals surface area contributed by atoms with Crippen LogP contribution in [0.2, 0.25) is 0 Å². The quantitative estimate of drug-likeness (QED) is 0.828. The Morgan fingerprint density at radius 2 is 2.10 bits per heavy atom. The second kappa shape index (κ2) is 5.76. The van der Waals surface area contributed by atoms with Gasteiger partial charge in [0.05, 0.1) is 21.7 Å². The van der Waals surface area contributed by atoms with Crippen molar-refractivity contribution in [2.24, 2.45) is 0 Å². The van der Waals surface area contributed by atoms with E-state index in [1.54, 1.807) is 36.4 Å². The predicted molar refractivity (Wildman–Crippen MR) is 82.4 cm³/mol. The smallest absolute Gasteiger partial charge is 0.256 e. The molecule has 0 unspecified atom stereocenters. The highest BCUT2D eigenvalue weighted by Gasteiger charge is 2.13. The van der Waals surface area contributed by atoms with Gasteiger partial charge in [-0.05, 0) is 52.7 Å². The molecule has 0 saturated carbocycles. The van der Waals surface area contributed by atoms with Crippen molar-refractivity contribution >= 4 is 33.2 Å². The van der Waals surface area contributed by atoms with Gasteiger partial charge in [-0.3, -0.25) is 4.79 Å². The van der Waals surface area contributed by atoms with E-state index in [0.29, 0.717) is 27.0 Å². The number of hydrogen-bond donors (Lipinski definition) is 2. The van der Waals surface area contributed by atoms with Crippen molar-refractivity contribution in [2.45, 2.75) is 6.92 Å². The number of nitrogen functional groups attached to an aromatic ring is 1. The Morgan fingerprint density at radius 1 is 1.35 bits per heavy atom. The molecule has 100 valence electrons. The van der Waals surface area contributed by atoms with Crippen LogP contribution >= 0.6 is 15.9 Å². The highest BCUT2D eigenvalue weighted by Crippen LogP contribution is 2.25. The first-order chi connectivity index (χ1) is 9.52. The van der Waals surface area contributed by atoms with Crippen LogP contribution in [0.5, 0.6) is 0 Å². The van der Waals surface area contributed by atoms with Crippen LogP contribution in [0, 0.1) is 18.3 Å². The van der Waals surface area contributed by atoms with Crippen molar-refractivity contribution in [3.05, 3.63) is 57.6 Å². The summed E-state index contributed by atoms with van der Waals surface area (Å²) < 4.78 is 0.562. The number of carbonyl (C=O) groups excluding carboxylic acids is 1. The summed E-state index contributed by atoms with van der Waals surface area (Å²) in [5.41, 5.74) is 8.71. The minimum Gasteiger partial charge on any atom is -0.398 e. The number of carbonyl (C=O) groups is 1. The number of nitrogens with two attached hydrogens (primary N) is 1. The van der Waals surface area contributed by atoms with Gasteiger partial charge in [0.25, 0.3) is 5.91 Å². The fraction of sp³-hybridized carbons (Fsp3) is 0.0667. The van der Waals surface area contributed by atoms with Crippen molar-refractivity contribution < 1.29 is 4.79 Å². The first-order valence-electron chi connectivity index (χ1n) is 5.89. The van der Waals surface area contributed by atoms with Gasteiger partial charge in [-0.2, -0.15) is 5.26 Å². The Balaban J connectivity index is 2.33. The predicted octanol–water partition coefficient (Wildman–Crippen LogP) is 3.46. The summed E-state index contributed by atoms with van der Waals surface area (Å²) in [7, 11) is 0. The van der Waals surface area contributed by atoms with E-state index < -0.39 is 0 Å². The van der Waals surface area contributed by atoms with Crippen LogP contribution in [0.25, 0.3) is 0 Å². The Morgan fingerprint density at radius 3 is 2.80 bits per heavy atom. The molecule has 0 fully saturated rings. The van der Waals surface area contributed by atoms with Gasteiger partial charge in [0.15, 0.2) is 0 Å². The molecule has 3 N–H and O–H groups in total. The van der Waals surface area contributed by atoms with E-state index in [9.17, 15) is 4.79 Å². The molecule has 0 aliphatic rings. The minimum atomic E-state index is -0.276. The fourth-order valence-electron chi connectivity index (χ4n) is 1.74. The minimum absolute atomic E-state index is 0.276. The molecule has 2 rings (SSSR count). The molecule has 1 amide bonds. The lowest BCUT2D eigenvalue weighted by atomic mass is 10.1. The summed E-state index contributed by atoms with van der Waals surface area (Å²) in [4.78, 5) is 12.3. The van der Waals surface area contributed by atoms with Crippen LogP contribution in [0.1, 0.15) is 21.5 Å². The van der Waals surface area contributed by atoms with E-state index in [0.717, 1.165) is 5.56 Å². The van der Waals surface area contributed by atoms with Crippen molar-refractivity contribution in [1.29, 1.82) is 5.26 Å². The lowest BCUT2D eigenvalue weighted by Crippen LogP contribution is -2.14. The summed E-state index contributed by atoms with van der Waals surface area (Å²) in [6.07, 6.45) is 0. The third-order valence-corrected chi connectivity index (χ3v) is 3.77. The maximum atomic E-state index is 12.3. The van der Waals surface area contributed by atoms with Gasteiger partial charge in [-0.15, -0.1) is 0 Å². The zero-order valence-electron chi connectivity index (χ0n) is 10.8. The molecule has 20 heavy (non-hydrogen) atoms. The maximum absolute atomic E-state index is 12.3. The SMILES string of the molecule is Cc1ccc(C#N)cc1NC(=O)c1cccc(N)c1Br. The number of anilines is 2. The number of nitrogens with zero attached hydrogens (tertiary/aromatic N) is 1. The van der Waals surface area contributed by atoms with E-state index in [1.165, 1.54) is 0 Å². The van der Waals surface area contributed by atoms with Crippen LogP contribution in [-0.4, -0.2) is 5.91 Å². The zero-order chi connectivity index (χ0) is 14.7. The fourth-order valence-corrected chi connectivity index (χ4v) is 2.19. The Labute approximate surface area is 125 Å². The Hall–Kier alpha value is -2.32. The molecule has 0 aliphatic carbocycles.